The minimum Gasteiger partial charge on any atom is -0.298 e. The summed E-state index contributed by atoms with van der Waals surface area (Å²) in [5.74, 6) is 6.01. The molecule has 1 aromatic rings. The number of benzene rings is 1. The molecule has 22 heavy (non-hydrogen) atoms. The van der Waals surface area contributed by atoms with E-state index in [-0.39, 0.29) is 23.4 Å². The van der Waals surface area contributed by atoms with Crippen molar-refractivity contribution in [3.63, 3.8) is 0 Å². The van der Waals surface area contributed by atoms with Gasteiger partial charge in [-0.05, 0) is 68.4 Å². The highest BCUT2D eigenvalue weighted by Gasteiger charge is 2.48. The molecular formula is C20H22O2. The van der Waals surface area contributed by atoms with Crippen LogP contribution in [0.25, 0.3) is 0 Å². The molecule has 2 heteroatoms. The monoisotopic (exact) mass is 294 g/mol. The number of fused-ring (bicyclic) bond motifs is 2. The molecule has 0 spiro atoms. The fourth-order valence-electron chi connectivity index (χ4n) is 4.19. The Morgan fingerprint density at radius 1 is 1.14 bits per heavy atom. The maximum absolute atomic E-state index is 12.8. The van der Waals surface area contributed by atoms with Crippen LogP contribution in [0.1, 0.15) is 61.3 Å². The molecular weight excluding hydrogens is 272 g/mol. The van der Waals surface area contributed by atoms with E-state index in [0.717, 1.165) is 47.9 Å². The largest absolute Gasteiger partial charge is 0.298 e. The van der Waals surface area contributed by atoms with Gasteiger partial charge in [-0.15, -0.1) is 5.92 Å². The van der Waals surface area contributed by atoms with E-state index in [1.807, 2.05) is 19.9 Å². The quantitative estimate of drug-likeness (QED) is 0.617. The Balaban J connectivity index is 2.12. The molecule has 2 aliphatic rings. The molecule has 2 aliphatic carbocycles. The number of hydrogen-bond donors (Lipinski definition) is 0. The molecule has 2 bridgehead atoms. The van der Waals surface area contributed by atoms with E-state index < -0.39 is 5.92 Å². The first-order valence-electron chi connectivity index (χ1n) is 8.20. The summed E-state index contributed by atoms with van der Waals surface area (Å²) in [5.41, 5.74) is 4.07. The minimum absolute atomic E-state index is 0.104. The number of rotatable bonds is 2. The summed E-state index contributed by atoms with van der Waals surface area (Å²) in [5, 5.41) is 0. The molecule has 0 saturated heterocycles. The first kappa shape index (κ1) is 15.0. The van der Waals surface area contributed by atoms with Gasteiger partial charge in [0.1, 0.15) is 5.92 Å². The van der Waals surface area contributed by atoms with Crippen LogP contribution in [0.5, 0.6) is 0 Å². The highest BCUT2D eigenvalue weighted by Crippen LogP contribution is 2.45. The normalized spacial score (nSPS) is 26.8. The second-order valence-electron chi connectivity index (χ2n) is 6.54. The third-order valence-corrected chi connectivity index (χ3v) is 5.22. The van der Waals surface area contributed by atoms with E-state index in [1.54, 1.807) is 0 Å². The summed E-state index contributed by atoms with van der Waals surface area (Å²) < 4.78 is 0. The molecule has 0 radical (unpaired) electrons. The summed E-state index contributed by atoms with van der Waals surface area (Å²) in [4.78, 5) is 25.6. The van der Waals surface area contributed by atoms with E-state index in [1.165, 1.54) is 0 Å². The lowest BCUT2D eigenvalue weighted by Crippen LogP contribution is -2.35. The smallest absolute Gasteiger partial charge is 0.150 e. The Labute approximate surface area is 132 Å². The highest BCUT2D eigenvalue weighted by atomic mass is 16.2. The Morgan fingerprint density at radius 3 is 2.32 bits per heavy atom. The predicted molar refractivity (Wildman–Crippen MR) is 86.7 cm³/mol. The summed E-state index contributed by atoms with van der Waals surface area (Å²) in [6.45, 7) is 5.90. The molecule has 2 saturated carbocycles. The predicted octanol–water partition coefficient (Wildman–Crippen LogP) is 3.58. The summed E-state index contributed by atoms with van der Waals surface area (Å²) in [6, 6.07) is 4.07. The number of carbonyl (C=O) groups is 2. The van der Waals surface area contributed by atoms with Crippen LogP contribution in [0.4, 0.5) is 0 Å². The van der Waals surface area contributed by atoms with Gasteiger partial charge in [-0.2, -0.15) is 0 Å². The minimum atomic E-state index is -0.523. The first-order valence-corrected chi connectivity index (χ1v) is 8.20. The maximum atomic E-state index is 12.8. The average molecular weight is 294 g/mol. The Kier molecular flexibility index (Phi) is 3.91. The molecule has 2 unspecified atom stereocenters. The SMILES string of the molecule is CC#Cc1cc(C)c(C2C(=O)C3CCC(C3)C2=O)c(CC)c1. The molecule has 114 valence electrons. The molecule has 2 nitrogen and oxygen atoms in total. The van der Waals surface area contributed by atoms with Crippen LogP contribution in [0, 0.1) is 30.6 Å². The fourth-order valence-corrected chi connectivity index (χ4v) is 4.19. The summed E-state index contributed by atoms with van der Waals surface area (Å²) >= 11 is 0. The van der Waals surface area contributed by atoms with Crippen LogP contribution in [0.3, 0.4) is 0 Å². The zero-order valence-electron chi connectivity index (χ0n) is 13.5. The van der Waals surface area contributed by atoms with Gasteiger partial charge < -0.3 is 0 Å². The van der Waals surface area contributed by atoms with Crippen LogP contribution < -0.4 is 0 Å². The third-order valence-electron chi connectivity index (χ3n) is 5.22. The van der Waals surface area contributed by atoms with Crippen molar-refractivity contribution in [1.82, 2.24) is 0 Å². The lowest BCUT2D eigenvalue weighted by atomic mass is 9.72. The summed E-state index contributed by atoms with van der Waals surface area (Å²) in [7, 11) is 0. The van der Waals surface area contributed by atoms with Crippen molar-refractivity contribution < 1.29 is 9.59 Å². The zero-order chi connectivity index (χ0) is 15.9. The van der Waals surface area contributed by atoms with Gasteiger partial charge in [0, 0.05) is 17.4 Å². The van der Waals surface area contributed by atoms with Crippen LogP contribution in [-0.2, 0) is 16.0 Å². The van der Waals surface area contributed by atoms with Gasteiger partial charge in [-0.3, -0.25) is 9.59 Å². The van der Waals surface area contributed by atoms with Gasteiger partial charge in [0.05, 0.1) is 0 Å². The summed E-state index contributed by atoms with van der Waals surface area (Å²) in [6.07, 6.45) is 3.40. The van der Waals surface area contributed by atoms with Gasteiger partial charge >= 0.3 is 0 Å². The van der Waals surface area contributed by atoms with Crippen LogP contribution >= 0.6 is 0 Å². The standard InChI is InChI=1S/C20H22O2/c1-4-6-13-9-12(3)17(14(5-2)10-13)18-19(21)15-7-8-16(11-15)20(18)22/h9-10,15-16,18H,5,7-8,11H2,1-3H3. The van der Waals surface area contributed by atoms with Gasteiger partial charge in [0.15, 0.2) is 11.6 Å². The van der Waals surface area contributed by atoms with E-state index in [0.29, 0.717) is 0 Å². The molecule has 0 heterocycles. The van der Waals surface area contributed by atoms with E-state index in [2.05, 4.69) is 24.8 Å². The molecule has 0 aliphatic heterocycles. The van der Waals surface area contributed by atoms with Crippen molar-refractivity contribution in [2.75, 3.05) is 0 Å². The van der Waals surface area contributed by atoms with E-state index in [4.69, 9.17) is 0 Å². The van der Waals surface area contributed by atoms with Gasteiger partial charge in [0.25, 0.3) is 0 Å². The molecule has 3 rings (SSSR count). The van der Waals surface area contributed by atoms with Crippen LogP contribution in [-0.4, -0.2) is 11.6 Å². The maximum Gasteiger partial charge on any atom is 0.150 e. The van der Waals surface area contributed by atoms with Crippen LogP contribution in [0.2, 0.25) is 0 Å². The second-order valence-corrected chi connectivity index (χ2v) is 6.54. The number of carbonyl (C=O) groups excluding carboxylic acids is 2. The Bertz CT molecular complexity index is 680. The lowest BCUT2D eigenvalue weighted by Gasteiger charge is -2.28. The second kappa shape index (κ2) is 5.72. The molecule has 0 amide bonds. The third kappa shape index (κ3) is 2.29. The average Bonchev–Trinajstić information content (AvgIpc) is 2.94. The molecule has 2 fully saturated rings. The van der Waals surface area contributed by atoms with Crippen molar-refractivity contribution in [2.45, 2.75) is 52.4 Å². The topological polar surface area (TPSA) is 34.1 Å². The Hall–Kier alpha value is -1.88. The van der Waals surface area contributed by atoms with Crippen molar-refractivity contribution in [2.24, 2.45) is 11.8 Å². The van der Waals surface area contributed by atoms with Crippen molar-refractivity contribution in [1.29, 1.82) is 0 Å². The van der Waals surface area contributed by atoms with Crippen molar-refractivity contribution >= 4 is 11.6 Å². The highest BCUT2D eigenvalue weighted by molar-refractivity contribution is 6.12. The molecule has 0 aromatic heterocycles. The zero-order valence-corrected chi connectivity index (χ0v) is 13.5. The lowest BCUT2D eigenvalue weighted by molar-refractivity contribution is -0.135. The number of Topliss-reactive ketones (excluding diaryl/α,β-unsaturated/α-hetero) is 2. The van der Waals surface area contributed by atoms with Crippen molar-refractivity contribution in [3.8, 4) is 11.8 Å². The van der Waals surface area contributed by atoms with Crippen LogP contribution in [0.15, 0.2) is 12.1 Å². The number of aryl methyl sites for hydroxylation is 2. The number of ketones is 2. The van der Waals surface area contributed by atoms with E-state index in [9.17, 15) is 9.59 Å². The molecule has 1 aromatic carbocycles. The Morgan fingerprint density at radius 2 is 1.77 bits per heavy atom. The van der Waals surface area contributed by atoms with Gasteiger partial charge in [-0.1, -0.05) is 12.8 Å². The van der Waals surface area contributed by atoms with Crippen molar-refractivity contribution in [3.05, 3.63) is 34.4 Å². The number of hydrogen-bond acceptors (Lipinski definition) is 2. The molecule has 0 N–H and O–H groups in total. The molecule has 2 atom stereocenters. The van der Waals surface area contributed by atoms with E-state index >= 15 is 0 Å². The van der Waals surface area contributed by atoms with Gasteiger partial charge in [-0.25, -0.2) is 0 Å². The van der Waals surface area contributed by atoms with Gasteiger partial charge in [0.2, 0.25) is 0 Å². The fraction of sp³-hybridized carbons (Fsp3) is 0.500. The first-order chi connectivity index (χ1) is 10.6.